The maximum atomic E-state index is 13.4. The molecule has 0 saturated heterocycles. The van der Waals surface area contributed by atoms with Crippen LogP contribution in [0.5, 0.6) is 5.88 Å². The number of hydrogen-bond donors (Lipinski definition) is 0. The highest BCUT2D eigenvalue weighted by atomic mass is 19.1. The van der Waals surface area contributed by atoms with Crippen molar-refractivity contribution in [3.05, 3.63) is 28.2 Å². The van der Waals surface area contributed by atoms with Gasteiger partial charge in [-0.25, -0.2) is 4.98 Å². The Morgan fingerprint density at radius 1 is 1.43 bits per heavy atom. The molecule has 8 heteroatoms. The van der Waals surface area contributed by atoms with E-state index in [1.54, 1.807) is 0 Å². The summed E-state index contributed by atoms with van der Waals surface area (Å²) in [6, 6.07) is 0.907. The summed E-state index contributed by atoms with van der Waals surface area (Å²) in [4.78, 5) is 24.8. The summed E-state index contributed by atoms with van der Waals surface area (Å²) >= 11 is 0. The van der Waals surface area contributed by atoms with Crippen molar-refractivity contribution in [1.29, 1.82) is 0 Å². The number of rotatable bonds is 4. The zero-order chi connectivity index (χ0) is 15.4. The van der Waals surface area contributed by atoms with Crippen molar-refractivity contribution >= 4 is 11.7 Å². The van der Waals surface area contributed by atoms with E-state index in [1.165, 1.54) is 7.11 Å². The van der Waals surface area contributed by atoms with Gasteiger partial charge in [0.05, 0.1) is 18.0 Å². The summed E-state index contributed by atoms with van der Waals surface area (Å²) in [6.45, 7) is 0. The average molecular weight is 298 g/mol. The molecule has 0 radical (unpaired) electrons. The van der Waals surface area contributed by atoms with Gasteiger partial charge >= 0.3 is 11.7 Å². The normalized spacial score (nSPS) is 21.6. The molecule has 0 spiro atoms. The van der Waals surface area contributed by atoms with Crippen LogP contribution < -0.4 is 4.74 Å². The highest BCUT2D eigenvalue weighted by molar-refractivity contribution is 5.72. The number of hydrogen-bond acceptors (Lipinski definition) is 6. The molecular weight excluding hydrogens is 283 g/mol. The van der Waals surface area contributed by atoms with Gasteiger partial charge in [-0.2, -0.15) is 4.39 Å². The maximum Gasteiger partial charge on any atom is 0.323 e. The first-order valence-corrected chi connectivity index (χ1v) is 6.55. The molecule has 0 atom stereocenters. The minimum atomic E-state index is -0.978. The van der Waals surface area contributed by atoms with Crippen molar-refractivity contribution < 1.29 is 23.6 Å². The second-order valence-electron chi connectivity index (χ2n) is 4.85. The Kier molecular flexibility index (Phi) is 4.66. The molecular formula is C13H15FN2O5. The molecule has 21 heavy (non-hydrogen) atoms. The van der Waals surface area contributed by atoms with Crippen LogP contribution in [0.25, 0.3) is 0 Å². The summed E-state index contributed by atoms with van der Waals surface area (Å²) < 4.78 is 23.6. The van der Waals surface area contributed by atoms with E-state index in [9.17, 15) is 19.3 Å². The van der Waals surface area contributed by atoms with Gasteiger partial charge < -0.3 is 9.47 Å². The topological polar surface area (TPSA) is 91.6 Å². The van der Waals surface area contributed by atoms with Crippen molar-refractivity contribution in [3.63, 3.8) is 0 Å². The van der Waals surface area contributed by atoms with E-state index in [1.807, 2.05) is 0 Å². The Balaban J connectivity index is 1.93. The highest BCUT2D eigenvalue weighted by Crippen LogP contribution is 2.28. The lowest BCUT2D eigenvalue weighted by atomic mass is 9.87. The molecule has 0 aliphatic heterocycles. The van der Waals surface area contributed by atoms with E-state index in [0.717, 1.165) is 12.3 Å². The number of esters is 1. The number of carbonyl (C=O) groups is 1. The van der Waals surface area contributed by atoms with Gasteiger partial charge in [-0.3, -0.25) is 14.9 Å². The van der Waals surface area contributed by atoms with Gasteiger partial charge in [0.25, 0.3) is 0 Å². The second kappa shape index (κ2) is 6.47. The lowest BCUT2D eigenvalue weighted by Gasteiger charge is -2.26. The smallest absolute Gasteiger partial charge is 0.323 e. The second-order valence-corrected chi connectivity index (χ2v) is 4.85. The number of nitro groups is 1. The van der Waals surface area contributed by atoms with Crippen molar-refractivity contribution in [3.8, 4) is 5.88 Å². The minimum Gasteiger partial charge on any atom is -0.474 e. The van der Waals surface area contributed by atoms with Gasteiger partial charge in [0.15, 0.2) is 0 Å². The molecule has 1 aromatic rings. The van der Waals surface area contributed by atoms with E-state index in [4.69, 9.17) is 4.74 Å². The summed E-state index contributed by atoms with van der Waals surface area (Å²) in [5, 5.41) is 10.5. The number of halogens is 1. The van der Waals surface area contributed by atoms with Crippen LogP contribution >= 0.6 is 0 Å². The molecule has 1 saturated carbocycles. The van der Waals surface area contributed by atoms with Gasteiger partial charge in [-0.05, 0) is 25.7 Å². The number of nitrogens with zero attached hydrogens (tertiary/aromatic N) is 2. The Labute approximate surface area is 120 Å². The molecule has 0 unspecified atom stereocenters. The number of ether oxygens (including phenoxy) is 2. The van der Waals surface area contributed by atoms with E-state index in [-0.39, 0.29) is 23.9 Å². The first-order chi connectivity index (χ1) is 10.0. The third-order valence-electron chi connectivity index (χ3n) is 3.50. The molecule has 114 valence electrons. The fourth-order valence-electron chi connectivity index (χ4n) is 2.36. The molecule has 0 aromatic carbocycles. The molecule has 0 N–H and O–H groups in total. The van der Waals surface area contributed by atoms with Crippen LogP contribution in [0.15, 0.2) is 12.3 Å². The zero-order valence-corrected chi connectivity index (χ0v) is 11.5. The van der Waals surface area contributed by atoms with Crippen molar-refractivity contribution in [2.75, 3.05) is 7.11 Å². The molecule has 1 aliphatic carbocycles. The molecule has 7 nitrogen and oxygen atoms in total. The van der Waals surface area contributed by atoms with Gasteiger partial charge in [-0.15, -0.1) is 0 Å². The average Bonchev–Trinajstić information content (AvgIpc) is 2.47. The number of pyridine rings is 1. The third kappa shape index (κ3) is 3.65. The van der Waals surface area contributed by atoms with Crippen molar-refractivity contribution in [2.45, 2.75) is 31.8 Å². The Hall–Kier alpha value is -2.25. The van der Waals surface area contributed by atoms with E-state index < -0.39 is 16.4 Å². The fourth-order valence-corrected chi connectivity index (χ4v) is 2.36. The number of methoxy groups -OCH3 is 1. The van der Waals surface area contributed by atoms with E-state index >= 15 is 0 Å². The van der Waals surface area contributed by atoms with Gasteiger partial charge in [0.1, 0.15) is 12.3 Å². The van der Waals surface area contributed by atoms with Gasteiger partial charge in [-0.1, -0.05) is 0 Å². The molecule has 0 amide bonds. The lowest BCUT2D eigenvalue weighted by molar-refractivity contribution is -0.387. The van der Waals surface area contributed by atoms with Gasteiger partial charge in [0.2, 0.25) is 11.7 Å². The predicted octanol–water partition coefficient (Wildman–Crippen LogP) is 2.24. The molecule has 0 bridgehead atoms. The maximum absolute atomic E-state index is 13.4. The van der Waals surface area contributed by atoms with E-state index in [2.05, 4.69) is 9.72 Å². The Morgan fingerprint density at radius 2 is 2.10 bits per heavy atom. The van der Waals surface area contributed by atoms with E-state index in [0.29, 0.717) is 25.7 Å². The number of carbonyl (C=O) groups excluding carboxylic acids is 1. The van der Waals surface area contributed by atoms with Crippen LogP contribution in [0.3, 0.4) is 0 Å². The fraction of sp³-hybridized carbons (Fsp3) is 0.538. The Morgan fingerprint density at radius 3 is 2.62 bits per heavy atom. The van der Waals surface area contributed by atoms with Crippen LogP contribution in [0, 0.1) is 21.8 Å². The van der Waals surface area contributed by atoms with Crippen LogP contribution in [-0.4, -0.2) is 29.1 Å². The standard InChI is InChI=1S/C13H15FN2O5/c1-20-13(17)8-2-4-9(5-3-8)21-12-6-10(14)11(7-15-12)16(18)19/h6-9H,2-5H2,1H3/t8-,9-. The Bertz CT molecular complexity index is 543. The van der Waals surface area contributed by atoms with Crippen LogP contribution in [0.1, 0.15) is 25.7 Å². The van der Waals surface area contributed by atoms with Crippen molar-refractivity contribution in [2.24, 2.45) is 5.92 Å². The largest absolute Gasteiger partial charge is 0.474 e. The third-order valence-corrected chi connectivity index (χ3v) is 3.50. The zero-order valence-electron chi connectivity index (χ0n) is 11.5. The van der Waals surface area contributed by atoms with Crippen LogP contribution in [0.4, 0.5) is 10.1 Å². The van der Waals surface area contributed by atoms with Crippen LogP contribution in [0.2, 0.25) is 0 Å². The van der Waals surface area contributed by atoms with Crippen molar-refractivity contribution in [1.82, 2.24) is 4.98 Å². The summed E-state index contributed by atoms with van der Waals surface area (Å²) in [7, 11) is 1.36. The molecule has 2 rings (SSSR count). The number of aromatic nitrogens is 1. The molecule has 1 heterocycles. The first-order valence-electron chi connectivity index (χ1n) is 6.55. The highest BCUT2D eigenvalue weighted by Gasteiger charge is 2.28. The quantitative estimate of drug-likeness (QED) is 0.481. The van der Waals surface area contributed by atoms with Gasteiger partial charge in [0, 0.05) is 6.07 Å². The molecule has 1 aromatic heterocycles. The minimum absolute atomic E-state index is 0.0135. The summed E-state index contributed by atoms with van der Waals surface area (Å²) in [5.41, 5.74) is -0.684. The summed E-state index contributed by atoms with van der Waals surface area (Å²) in [5.74, 6) is -1.32. The molecule has 1 fully saturated rings. The lowest BCUT2D eigenvalue weighted by Crippen LogP contribution is -2.28. The SMILES string of the molecule is COC(=O)[C@H]1CC[C@H](Oc2cc(F)c([N+](=O)[O-])cn2)CC1. The summed E-state index contributed by atoms with van der Waals surface area (Å²) in [6.07, 6.45) is 3.17. The molecule has 1 aliphatic rings. The monoisotopic (exact) mass is 298 g/mol. The predicted molar refractivity (Wildman–Crippen MR) is 69.2 cm³/mol. The first kappa shape index (κ1) is 15.1. The van der Waals surface area contributed by atoms with Crippen LogP contribution in [-0.2, 0) is 9.53 Å².